The summed E-state index contributed by atoms with van der Waals surface area (Å²) in [5.41, 5.74) is 2.26. The lowest BCUT2D eigenvalue weighted by Crippen LogP contribution is -2.41. The molecule has 22 heavy (non-hydrogen) atoms. The van der Waals surface area contributed by atoms with Gasteiger partial charge in [-0.2, -0.15) is 9.57 Å². The molecule has 2 heterocycles. The number of nitriles is 1. The predicted molar refractivity (Wildman–Crippen MR) is 83.3 cm³/mol. The highest BCUT2D eigenvalue weighted by Crippen LogP contribution is 2.29. The van der Waals surface area contributed by atoms with Gasteiger partial charge in [0.2, 0.25) is 10.0 Å². The molecule has 1 aliphatic heterocycles. The molecule has 3 rings (SSSR count). The van der Waals surface area contributed by atoms with Gasteiger partial charge in [0.15, 0.2) is 0 Å². The van der Waals surface area contributed by atoms with Gasteiger partial charge in [-0.15, -0.1) is 0 Å². The van der Waals surface area contributed by atoms with Crippen LogP contribution in [0.25, 0.3) is 0 Å². The van der Waals surface area contributed by atoms with Gasteiger partial charge in [-0.1, -0.05) is 12.1 Å². The first-order chi connectivity index (χ1) is 10.5. The molecular formula is C16H17N3O2S. The Bertz CT molecular complexity index is 816. The van der Waals surface area contributed by atoms with E-state index in [9.17, 15) is 8.42 Å². The van der Waals surface area contributed by atoms with Crippen molar-refractivity contribution >= 4 is 10.0 Å². The van der Waals surface area contributed by atoms with Gasteiger partial charge < -0.3 is 4.57 Å². The molecule has 1 aromatic carbocycles. The van der Waals surface area contributed by atoms with Gasteiger partial charge in [0.1, 0.15) is 0 Å². The molecule has 0 bridgehead atoms. The number of aromatic nitrogens is 1. The largest absolute Gasteiger partial charge is 0.349 e. The average molecular weight is 315 g/mol. The molecule has 0 saturated heterocycles. The topological polar surface area (TPSA) is 66.1 Å². The van der Waals surface area contributed by atoms with E-state index in [1.54, 1.807) is 28.6 Å². The molecule has 0 aliphatic carbocycles. The summed E-state index contributed by atoms with van der Waals surface area (Å²) in [6, 6.07) is 12.5. The van der Waals surface area contributed by atoms with Crippen molar-refractivity contribution < 1.29 is 8.42 Å². The third-order valence-corrected chi connectivity index (χ3v) is 5.99. The third kappa shape index (κ3) is 2.65. The van der Waals surface area contributed by atoms with E-state index in [1.807, 2.05) is 31.3 Å². The molecule has 6 heteroatoms. The monoisotopic (exact) mass is 315 g/mol. The molecule has 1 atom stereocenters. The zero-order valence-corrected chi connectivity index (χ0v) is 13.1. The Balaban J connectivity index is 1.83. The summed E-state index contributed by atoms with van der Waals surface area (Å²) in [6.07, 6.45) is 1.98. The maximum Gasteiger partial charge on any atom is 0.218 e. The Morgan fingerprint density at radius 1 is 1.23 bits per heavy atom. The van der Waals surface area contributed by atoms with Crippen molar-refractivity contribution in [1.29, 1.82) is 5.26 Å². The molecule has 0 saturated carbocycles. The number of sulfonamides is 1. The van der Waals surface area contributed by atoms with Crippen LogP contribution in [0.15, 0.2) is 42.6 Å². The molecule has 0 radical (unpaired) electrons. The fraction of sp³-hybridized carbons (Fsp3) is 0.312. The van der Waals surface area contributed by atoms with Crippen molar-refractivity contribution in [2.45, 2.75) is 25.3 Å². The van der Waals surface area contributed by atoms with E-state index in [0.29, 0.717) is 24.2 Å². The van der Waals surface area contributed by atoms with Crippen molar-refractivity contribution in [2.24, 2.45) is 0 Å². The SMILES string of the molecule is CC1c2cccn2CCN1S(=O)(=O)Cc1ccc(C#N)cc1. The standard InChI is InChI=1S/C16H17N3O2S/c1-13-16-3-2-8-18(16)9-10-19(13)22(20,21)12-15-6-4-14(11-17)5-7-15/h2-8,13H,9-10,12H2,1H3. The number of fused-ring (bicyclic) bond motifs is 1. The molecule has 0 amide bonds. The van der Waals surface area contributed by atoms with Crippen molar-refractivity contribution in [3.63, 3.8) is 0 Å². The minimum absolute atomic E-state index is 0.0379. The summed E-state index contributed by atoms with van der Waals surface area (Å²) in [5.74, 6) is -0.0379. The van der Waals surface area contributed by atoms with E-state index < -0.39 is 10.0 Å². The molecule has 1 unspecified atom stereocenters. The Morgan fingerprint density at radius 3 is 2.64 bits per heavy atom. The van der Waals surface area contributed by atoms with E-state index in [0.717, 1.165) is 5.69 Å². The highest BCUT2D eigenvalue weighted by molar-refractivity contribution is 7.88. The summed E-state index contributed by atoms with van der Waals surface area (Å²) in [5, 5.41) is 8.79. The van der Waals surface area contributed by atoms with Gasteiger partial charge in [0.25, 0.3) is 0 Å². The smallest absolute Gasteiger partial charge is 0.218 e. The fourth-order valence-corrected chi connectivity index (χ4v) is 4.64. The van der Waals surface area contributed by atoms with Crippen LogP contribution < -0.4 is 0 Å². The number of benzene rings is 1. The zero-order valence-electron chi connectivity index (χ0n) is 12.3. The van der Waals surface area contributed by atoms with E-state index in [4.69, 9.17) is 5.26 Å². The van der Waals surface area contributed by atoms with Crippen molar-refractivity contribution in [3.05, 3.63) is 59.4 Å². The lowest BCUT2D eigenvalue weighted by Gasteiger charge is -2.33. The van der Waals surface area contributed by atoms with Gasteiger partial charge in [-0.25, -0.2) is 8.42 Å². The van der Waals surface area contributed by atoms with E-state index in [-0.39, 0.29) is 11.8 Å². The van der Waals surface area contributed by atoms with Crippen molar-refractivity contribution in [3.8, 4) is 6.07 Å². The van der Waals surface area contributed by atoms with Gasteiger partial charge in [-0.3, -0.25) is 0 Å². The minimum atomic E-state index is -3.39. The Morgan fingerprint density at radius 2 is 1.95 bits per heavy atom. The van der Waals surface area contributed by atoms with Crippen LogP contribution in [0.1, 0.15) is 29.8 Å². The van der Waals surface area contributed by atoms with E-state index in [2.05, 4.69) is 4.57 Å². The fourth-order valence-electron chi connectivity index (χ4n) is 2.91. The quantitative estimate of drug-likeness (QED) is 0.872. The number of nitrogens with zero attached hydrogens (tertiary/aromatic N) is 3. The van der Waals surface area contributed by atoms with Crippen LogP contribution in [0.3, 0.4) is 0 Å². The predicted octanol–water partition coefficient (Wildman–Crippen LogP) is 2.27. The Kier molecular flexibility index (Phi) is 3.77. The summed E-state index contributed by atoms with van der Waals surface area (Å²) >= 11 is 0. The summed E-state index contributed by atoms with van der Waals surface area (Å²) in [7, 11) is -3.39. The first-order valence-electron chi connectivity index (χ1n) is 7.15. The lowest BCUT2D eigenvalue weighted by atomic mass is 10.2. The minimum Gasteiger partial charge on any atom is -0.349 e. The highest BCUT2D eigenvalue weighted by Gasteiger charge is 2.32. The third-order valence-electron chi connectivity index (χ3n) is 4.08. The number of hydrogen-bond donors (Lipinski definition) is 0. The van der Waals surface area contributed by atoms with Crippen LogP contribution in [0.5, 0.6) is 0 Å². The van der Waals surface area contributed by atoms with Crippen LogP contribution in [-0.2, 0) is 22.3 Å². The first-order valence-corrected chi connectivity index (χ1v) is 8.76. The molecule has 0 spiro atoms. The number of hydrogen-bond acceptors (Lipinski definition) is 3. The van der Waals surface area contributed by atoms with Gasteiger partial charge in [-0.05, 0) is 36.8 Å². The Hall–Kier alpha value is -2.10. The van der Waals surface area contributed by atoms with E-state index in [1.165, 1.54) is 0 Å². The average Bonchev–Trinajstić information content (AvgIpc) is 2.97. The summed E-state index contributed by atoms with van der Waals surface area (Å²) in [4.78, 5) is 0. The second-order valence-corrected chi connectivity index (χ2v) is 7.40. The molecule has 5 nitrogen and oxygen atoms in total. The normalized spacial score (nSPS) is 18.6. The lowest BCUT2D eigenvalue weighted by molar-refractivity contribution is 0.282. The second-order valence-electron chi connectivity index (χ2n) is 5.48. The molecule has 0 fully saturated rings. The molecule has 2 aromatic rings. The Labute approximate surface area is 130 Å². The summed E-state index contributed by atoms with van der Waals surface area (Å²) in [6.45, 7) is 3.09. The van der Waals surface area contributed by atoms with Crippen LogP contribution in [0, 0.1) is 11.3 Å². The molecular weight excluding hydrogens is 298 g/mol. The first kappa shape index (κ1) is 14.8. The van der Waals surface area contributed by atoms with Gasteiger partial charge in [0.05, 0.1) is 23.4 Å². The van der Waals surface area contributed by atoms with Crippen molar-refractivity contribution in [1.82, 2.24) is 8.87 Å². The molecule has 1 aromatic heterocycles. The van der Waals surface area contributed by atoms with Gasteiger partial charge in [0, 0.05) is 25.0 Å². The number of rotatable bonds is 3. The zero-order chi connectivity index (χ0) is 15.7. The molecule has 114 valence electrons. The highest BCUT2D eigenvalue weighted by atomic mass is 32.2. The molecule has 0 N–H and O–H groups in total. The van der Waals surface area contributed by atoms with Crippen LogP contribution in [0.4, 0.5) is 0 Å². The van der Waals surface area contributed by atoms with Crippen molar-refractivity contribution in [2.75, 3.05) is 6.54 Å². The second kappa shape index (κ2) is 5.59. The van der Waals surface area contributed by atoms with Crippen LogP contribution in [-0.4, -0.2) is 23.8 Å². The summed E-state index contributed by atoms with van der Waals surface area (Å²) < 4.78 is 29.1. The van der Waals surface area contributed by atoms with Crippen LogP contribution >= 0.6 is 0 Å². The van der Waals surface area contributed by atoms with E-state index >= 15 is 0 Å². The maximum atomic E-state index is 12.7. The van der Waals surface area contributed by atoms with Gasteiger partial charge >= 0.3 is 0 Å². The molecule has 1 aliphatic rings. The maximum absolute atomic E-state index is 12.7. The van der Waals surface area contributed by atoms with Crippen LogP contribution in [0.2, 0.25) is 0 Å².